The van der Waals surface area contributed by atoms with Crippen molar-refractivity contribution in [2.24, 2.45) is 10.2 Å². The summed E-state index contributed by atoms with van der Waals surface area (Å²) in [6.07, 6.45) is 0. The van der Waals surface area contributed by atoms with Crippen molar-refractivity contribution in [3.63, 3.8) is 0 Å². The second-order valence-corrected chi connectivity index (χ2v) is 6.85. The van der Waals surface area contributed by atoms with Gasteiger partial charge in [-0.2, -0.15) is 25.2 Å². The highest BCUT2D eigenvalue weighted by Gasteiger charge is 2.05. The molecular formula is C19H18Cl2N8. The highest BCUT2D eigenvalue weighted by atomic mass is 35.5. The van der Waals surface area contributed by atoms with Crippen LogP contribution in [-0.2, 0) is 0 Å². The first-order valence-electron chi connectivity index (χ1n) is 8.55. The molecule has 1 heterocycles. The average Bonchev–Trinajstić information content (AvgIpc) is 2.71. The minimum Gasteiger partial charge on any atom is -0.368 e. The number of benzene rings is 2. The molecule has 2 aromatic carbocycles. The van der Waals surface area contributed by atoms with E-state index in [0.717, 1.165) is 22.6 Å². The maximum atomic E-state index is 5.90. The minimum absolute atomic E-state index is 0.0312. The van der Waals surface area contributed by atoms with E-state index in [1.165, 1.54) is 0 Å². The van der Waals surface area contributed by atoms with Gasteiger partial charge in [-0.1, -0.05) is 47.5 Å². The van der Waals surface area contributed by atoms with Crippen LogP contribution >= 0.6 is 23.2 Å². The second-order valence-electron chi connectivity index (χ2n) is 5.97. The highest BCUT2D eigenvalue weighted by molar-refractivity contribution is 6.31. The molecule has 0 amide bonds. The number of nitrogen functional groups attached to an aromatic ring is 1. The molecule has 0 atom stereocenters. The first kappa shape index (κ1) is 20.5. The summed E-state index contributed by atoms with van der Waals surface area (Å²) < 4.78 is 0. The van der Waals surface area contributed by atoms with Crippen molar-refractivity contribution in [1.29, 1.82) is 0 Å². The SMILES string of the molecule is CC(=NNc1nc(N)nc(NN=C(C)c2ccc(Cl)cc2)n1)c1ccc(Cl)cc1. The van der Waals surface area contributed by atoms with Crippen molar-refractivity contribution < 1.29 is 0 Å². The number of aromatic nitrogens is 3. The Bertz CT molecular complexity index is 965. The Balaban J connectivity index is 1.72. The molecule has 29 heavy (non-hydrogen) atoms. The number of hydrogen-bond acceptors (Lipinski definition) is 8. The largest absolute Gasteiger partial charge is 0.368 e. The molecule has 8 nitrogen and oxygen atoms in total. The second kappa shape index (κ2) is 9.31. The van der Waals surface area contributed by atoms with Gasteiger partial charge in [-0.05, 0) is 49.2 Å². The number of nitrogens with zero attached hydrogens (tertiary/aromatic N) is 5. The molecule has 0 spiro atoms. The zero-order valence-electron chi connectivity index (χ0n) is 15.7. The third-order valence-electron chi connectivity index (χ3n) is 3.82. The van der Waals surface area contributed by atoms with Crippen LogP contribution in [0.3, 0.4) is 0 Å². The maximum Gasteiger partial charge on any atom is 0.250 e. The van der Waals surface area contributed by atoms with E-state index in [2.05, 4.69) is 36.0 Å². The first-order valence-corrected chi connectivity index (χ1v) is 9.30. The van der Waals surface area contributed by atoms with Crippen LogP contribution < -0.4 is 16.6 Å². The molecule has 0 aliphatic carbocycles. The van der Waals surface area contributed by atoms with Gasteiger partial charge < -0.3 is 5.73 Å². The predicted molar refractivity (Wildman–Crippen MR) is 119 cm³/mol. The number of nitrogens with two attached hydrogens (primary N) is 1. The molecule has 0 unspecified atom stereocenters. The molecule has 10 heteroatoms. The molecule has 0 aliphatic rings. The van der Waals surface area contributed by atoms with E-state index >= 15 is 0 Å². The zero-order valence-corrected chi connectivity index (χ0v) is 17.2. The van der Waals surface area contributed by atoms with Crippen molar-refractivity contribution in [3.8, 4) is 0 Å². The van der Waals surface area contributed by atoms with Gasteiger partial charge in [0.15, 0.2) is 0 Å². The van der Waals surface area contributed by atoms with Gasteiger partial charge in [-0.25, -0.2) is 10.9 Å². The Morgan fingerprint density at radius 3 is 1.48 bits per heavy atom. The molecule has 3 rings (SSSR count). The van der Waals surface area contributed by atoms with E-state index in [0.29, 0.717) is 10.0 Å². The van der Waals surface area contributed by atoms with E-state index in [1.807, 2.05) is 38.1 Å². The average molecular weight is 429 g/mol. The smallest absolute Gasteiger partial charge is 0.250 e. The van der Waals surface area contributed by atoms with E-state index < -0.39 is 0 Å². The van der Waals surface area contributed by atoms with Crippen molar-refractivity contribution in [3.05, 3.63) is 69.7 Å². The molecular weight excluding hydrogens is 411 g/mol. The molecule has 0 radical (unpaired) electrons. The number of rotatable bonds is 6. The molecule has 0 saturated heterocycles. The Labute approximate surface area is 177 Å². The molecule has 4 N–H and O–H groups in total. The van der Waals surface area contributed by atoms with Crippen molar-refractivity contribution in [2.75, 3.05) is 16.6 Å². The van der Waals surface area contributed by atoms with E-state index in [9.17, 15) is 0 Å². The number of hydrogen-bond donors (Lipinski definition) is 3. The summed E-state index contributed by atoms with van der Waals surface area (Å²) in [4.78, 5) is 12.3. The summed E-state index contributed by atoms with van der Waals surface area (Å²) in [5, 5.41) is 9.85. The summed E-state index contributed by atoms with van der Waals surface area (Å²) in [6.45, 7) is 3.69. The third-order valence-corrected chi connectivity index (χ3v) is 4.33. The quantitative estimate of drug-likeness (QED) is 0.395. The Hall–Kier alpha value is -3.23. The van der Waals surface area contributed by atoms with Gasteiger partial charge in [0.05, 0.1) is 11.4 Å². The van der Waals surface area contributed by atoms with Crippen LogP contribution in [0, 0.1) is 0 Å². The number of anilines is 3. The van der Waals surface area contributed by atoms with Crippen LogP contribution in [0.15, 0.2) is 58.7 Å². The molecule has 148 valence electrons. The molecule has 0 fully saturated rings. The number of nitrogens with one attached hydrogen (secondary N) is 2. The van der Waals surface area contributed by atoms with Gasteiger partial charge in [0.2, 0.25) is 17.8 Å². The lowest BCUT2D eigenvalue weighted by Crippen LogP contribution is -2.09. The van der Waals surface area contributed by atoms with Crippen molar-refractivity contribution >= 4 is 52.5 Å². The first-order chi connectivity index (χ1) is 13.9. The zero-order chi connectivity index (χ0) is 20.8. The van der Waals surface area contributed by atoms with Gasteiger partial charge in [-0.3, -0.25) is 0 Å². The predicted octanol–water partition coefficient (Wildman–Crippen LogP) is 4.43. The van der Waals surface area contributed by atoms with Gasteiger partial charge in [0.25, 0.3) is 0 Å². The Morgan fingerprint density at radius 2 is 1.10 bits per heavy atom. The molecule has 0 bridgehead atoms. The number of hydrazone groups is 2. The standard InChI is InChI=1S/C19H18Cl2N8/c1-11(13-3-7-15(20)8-4-13)26-28-18-23-17(22)24-19(25-18)29-27-12(2)14-5-9-16(21)10-6-14/h3-10H,1-2H3,(H4,22,23,24,25,28,29). The summed E-state index contributed by atoms with van der Waals surface area (Å²) in [6, 6.07) is 14.6. The fraction of sp³-hybridized carbons (Fsp3) is 0.105. The van der Waals surface area contributed by atoms with Crippen molar-refractivity contribution in [1.82, 2.24) is 15.0 Å². The van der Waals surface area contributed by atoms with Gasteiger partial charge in [-0.15, -0.1) is 0 Å². The van der Waals surface area contributed by atoms with Crippen molar-refractivity contribution in [2.45, 2.75) is 13.8 Å². The lowest BCUT2D eigenvalue weighted by molar-refractivity contribution is 1.03. The lowest BCUT2D eigenvalue weighted by Gasteiger charge is -2.06. The summed E-state index contributed by atoms with van der Waals surface area (Å²) in [5.74, 6) is 0.406. The molecule has 1 aromatic heterocycles. The Kier molecular flexibility index (Phi) is 6.58. The highest BCUT2D eigenvalue weighted by Crippen LogP contribution is 2.13. The summed E-state index contributed by atoms with van der Waals surface area (Å²) >= 11 is 11.8. The molecule has 0 saturated carbocycles. The van der Waals surface area contributed by atoms with Gasteiger partial charge in [0, 0.05) is 10.0 Å². The van der Waals surface area contributed by atoms with Crippen LogP contribution in [0.5, 0.6) is 0 Å². The normalized spacial score (nSPS) is 12.0. The van der Waals surface area contributed by atoms with E-state index in [-0.39, 0.29) is 17.8 Å². The number of halogens is 2. The Morgan fingerprint density at radius 1 is 0.724 bits per heavy atom. The fourth-order valence-electron chi connectivity index (χ4n) is 2.27. The monoisotopic (exact) mass is 428 g/mol. The summed E-state index contributed by atoms with van der Waals surface area (Å²) in [7, 11) is 0. The molecule has 3 aromatic rings. The van der Waals surface area contributed by atoms with Crippen LogP contribution in [0.4, 0.5) is 17.8 Å². The van der Waals surface area contributed by atoms with Crippen LogP contribution in [0.1, 0.15) is 25.0 Å². The topological polar surface area (TPSA) is 113 Å². The maximum absolute atomic E-state index is 5.90. The fourth-order valence-corrected chi connectivity index (χ4v) is 2.52. The summed E-state index contributed by atoms with van der Waals surface area (Å²) in [5.41, 5.74) is 14.6. The van der Waals surface area contributed by atoms with Crippen LogP contribution in [0.2, 0.25) is 10.0 Å². The van der Waals surface area contributed by atoms with Gasteiger partial charge in [0.1, 0.15) is 0 Å². The molecule has 0 aliphatic heterocycles. The minimum atomic E-state index is 0.0312. The third kappa shape index (κ3) is 5.87. The lowest BCUT2D eigenvalue weighted by atomic mass is 10.1. The van der Waals surface area contributed by atoms with E-state index in [4.69, 9.17) is 28.9 Å². The van der Waals surface area contributed by atoms with E-state index in [1.54, 1.807) is 24.3 Å². The van der Waals surface area contributed by atoms with Gasteiger partial charge >= 0.3 is 0 Å². The van der Waals surface area contributed by atoms with Crippen LogP contribution in [-0.4, -0.2) is 26.4 Å². The van der Waals surface area contributed by atoms with Crippen LogP contribution in [0.25, 0.3) is 0 Å².